The molecule has 0 saturated heterocycles. The van der Waals surface area contributed by atoms with E-state index in [1.54, 1.807) is 24.5 Å². The third-order valence-electron chi connectivity index (χ3n) is 7.02. The van der Waals surface area contributed by atoms with Crippen molar-refractivity contribution >= 4 is 34.6 Å². The number of aromatic nitrogens is 1. The number of hydrogen-bond donors (Lipinski definition) is 4. The number of aliphatic hydroxyl groups excluding tert-OH is 2. The largest absolute Gasteiger partial charge is 0.515 e. The van der Waals surface area contributed by atoms with Crippen molar-refractivity contribution < 1.29 is 54.7 Å². The summed E-state index contributed by atoms with van der Waals surface area (Å²) in [4.78, 5) is 7.26. The van der Waals surface area contributed by atoms with Crippen molar-refractivity contribution in [3.63, 3.8) is 0 Å². The number of nitrogens with zero attached hydrogens (tertiary/aromatic N) is 1. The maximum atomic E-state index is 14.9. The molecule has 7 N–H and O–H groups in total. The molecular weight excluding hydrogens is 739 g/mol. The molecule has 0 bridgehead atoms. The molecule has 0 spiro atoms. The van der Waals surface area contributed by atoms with Gasteiger partial charge in [-0.1, -0.05) is 23.8 Å². The molecular formula is C30H32F3N3O4SW. The first-order valence-electron chi connectivity index (χ1n) is 12.5. The Morgan fingerprint density at radius 3 is 2.69 bits per heavy atom. The second-order valence-corrected chi connectivity index (χ2v) is 10.3. The Morgan fingerprint density at radius 2 is 2.00 bits per heavy atom. The Hall–Kier alpha value is -3.24. The molecule has 1 unspecified atom stereocenters. The molecule has 2 aromatic carbocycles. The van der Waals surface area contributed by atoms with Crippen LogP contribution in [0.15, 0.2) is 87.8 Å². The van der Waals surface area contributed by atoms with Crippen LogP contribution in [0.3, 0.4) is 0 Å². The van der Waals surface area contributed by atoms with Crippen LogP contribution in [0, 0.1) is 22.9 Å². The fraction of sp³-hybridized carbons (Fsp3) is 0.233. The molecule has 1 aliphatic rings. The van der Waals surface area contributed by atoms with E-state index in [1.807, 2.05) is 13.0 Å². The minimum atomic E-state index is -1.16. The van der Waals surface area contributed by atoms with Gasteiger partial charge in [-0.2, -0.15) is 4.39 Å². The fourth-order valence-corrected chi connectivity index (χ4v) is 5.29. The first-order valence-corrected chi connectivity index (χ1v) is 13.8. The Kier molecular flexibility index (Phi) is 12.7. The summed E-state index contributed by atoms with van der Waals surface area (Å²) in [6, 6.07) is 5.34. The van der Waals surface area contributed by atoms with Crippen molar-refractivity contribution in [2.24, 2.45) is 16.1 Å². The van der Waals surface area contributed by atoms with Gasteiger partial charge in [-0.05, 0) is 62.3 Å². The molecule has 1 atom stereocenters. The van der Waals surface area contributed by atoms with E-state index in [4.69, 9.17) is 10.5 Å². The van der Waals surface area contributed by atoms with Crippen molar-refractivity contribution in [3.8, 4) is 11.5 Å². The van der Waals surface area contributed by atoms with Gasteiger partial charge in [0.25, 0.3) is 0 Å². The normalized spacial score (nSPS) is 20.4. The maximum absolute atomic E-state index is 14.9. The predicted octanol–water partition coefficient (Wildman–Crippen LogP) is 6.92. The van der Waals surface area contributed by atoms with Crippen LogP contribution in [0.1, 0.15) is 26.2 Å². The van der Waals surface area contributed by atoms with E-state index >= 15 is 0 Å². The summed E-state index contributed by atoms with van der Waals surface area (Å²) in [6.45, 7) is 1.92. The van der Waals surface area contributed by atoms with E-state index in [9.17, 15) is 23.4 Å². The number of aromatic amines is 1. The summed E-state index contributed by atoms with van der Waals surface area (Å²) < 4.78 is 49.8. The van der Waals surface area contributed by atoms with Crippen LogP contribution in [0.4, 0.5) is 18.9 Å². The molecule has 224 valence electrons. The molecule has 0 radical (unpaired) electrons. The molecule has 7 nitrogen and oxygen atoms in total. The average Bonchev–Trinajstić information content (AvgIpc) is 3.43. The third-order valence-corrected chi connectivity index (χ3v) is 7.83. The van der Waals surface area contributed by atoms with Gasteiger partial charge in [0.1, 0.15) is 17.3 Å². The zero-order valence-electron chi connectivity index (χ0n) is 23.0. The molecule has 3 aromatic rings. The van der Waals surface area contributed by atoms with Crippen LogP contribution in [-0.4, -0.2) is 39.8 Å². The Balaban J connectivity index is 0.00000308. The van der Waals surface area contributed by atoms with E-state index in [-0.39, 0.29) is 55.9 Å². The molecule has 4 rings (SSSR count). The van der Waals surface area contributed by atoms with Crippen LogP contribution in [0.25, 0.3) is 10.9 Å². The van der Waals surface area contributed by atoms with Crippen LogP contribution in [0.2, 0.25) is 0 Å². The topological polar surface area (TPSA) is 135 Å². The standard InChI is InChI=1S/C30H30F3N3O3S.H2O.W/c1-30(12-8-18(11-15-37)4-3-5-19(30)17-38)24(34)10-14-35-23-16-20(6-7-22(23)31)39-28-26(33)25(32)27-21(9-13-36-27)29(28)40-2;;/h3-7,9-10,13-14,16-17,36-38H,8,11-12,15,34H2,1-2H3;1H2;/b5-3-,18-4+,19-17-,24-10-,35-14?;;. The molecule has 0 fully saturated rings. The van der Waals surface area contributed by atoms with Crippen LogP contribution < -0.4 is 10.5 Å². The monoisotopic (exact) mass is 771 g/mol. The van der Waals surface area contributed by atoms with Crippen LogP contribution in [0.5, 0.6) is 11.5 Å². The van der Waals surface area contributed by atoms with Crippen molar-refractivity contribution in [1.29, 1.82) is 0 Å². The van der Waals surface area contributed by atoms with E-state index in [1.165, 1.54) is 42.4 Å². The van der Waals surface area contributed by atoms with Gasteiger partial charge in [-0.25, -0.2) is 8.78 Å². The predicted molar refractivity (Wildman–Crippen MR) is 157 cm³/mol. The number of aliphatic hydroxyl groups is 2. The number of rotatable bonds is 8. The first kappa shape index (κ1) is 35.0. The van der Waals surface area contributed by atoms with Gasteiger partial charge in [-0.15, -0.1) is 11.8 Å². The number of aliphatic imine (C=N–C) groups is 1. The van der Waals surface area contributed by atoms with Crippen molar-refractivity contribution in [3.05, 3.63) is 95.3 Å². The number of H-pyrrole nitrogens is 1. The summed E-state index contributed by atoms with van der Waals surface area (Å²) in [6.07, 6.45) is 14.3. The molecule has 42 heavy (non-hydrogen) atoms. The maximum Gasteiger partial charge on any atom is 0.204 e. The van der Waals surface area contributed by atoms with Gasteiger partial charge in [-0.3, -0.25) is 4.99 Å². The Bertz CT molecular complexity index is 1570. The van der Waals surface area contributed by atoms with E-state index in [2.05, 4.69) is 9.98 Å². The minimum Gasteiger partial charge on any atom is -0.515 e. The fourth-order valence-electron chi connectivity index (χ4n) is 4.58. The van der Waals surface area contributed by atoms with Crippen molar-refractivity contribution in [2.45, 2.75) is 31.1 Å². The molecule has 12 heteroatoms. The molecule has 0 saturated carbocycles. The number of thioether (sulfide) groups is 1. The van der Waals surface area contributed by atoms with E-state index in [0.717, 1.165) is 17.9 Å². The second kappa shape index (κ2) is 15.3. The molecule has 1 aromatic heterocycles. The van der Waals surface area contributed by atoms with Gasteiger partial charge in [0, 0.05) is 62.6 Å². The van der Waals surface area contributed by atoms with E-state index in [0.29, 0.717) is 40.8 Å². The quantitative estimate of drug-likeness (QED) is 0.112. The zero-order valence-corrected chi connectivity index (χ0v) is 26.7. The number of fused-ring (bicyclic) bond motifs is 1. The van der Waals surface area contributed by atoms with Gasteiger partial charge in [0.05, 0.1) is 16.7 Å². The SMILES string of the molecule is CSc1c(Oc2ccc(F)c(N=C/C=C(\N)C3(C)CC\C(CCO)=C/C=C\C3=C\O)c2)c(F)c(F)c2[nH]ccc12.O.[W]. The summed E-state index contributed by atoms with van der Waals surface area (Å²) in [5, 5.41) is 19.6. The summed E-state index contributed by atoms with van der Waals surface area (Å²) in [5.41, 5.74) is 7.67. The zero-order chi connectivity index (χ0) is 28.9. The van der Waals surface area contributed by atoms with Gasteiger partial charge < -0.3 is 31.1 Å². The minimum absolute atomic E-state index is 0. The number of nitrogens with one attached hydrogen (secondary N) is 1. The molecule has 1 aliphatic carbocycles. The van der Waals surface area contributed by atoms with Crippen molar-refractivity contribution in [2.75, 3.05) is 12.9 Å². The van der Waals surface area contributed by atoms with E-state index < -0.39 is 22.9 Å². The number of halogens is 3. The van der Waals surface area contributed by atoms with Gasteiger partial charge in [0.15, 0.2) is 11.6 Å². The number of hydrogen-bond acceptors (Lipinski definition) is 6. The number of allylic oxidation sites excluding steroid dienone is 5. The first-order chi connectivity index (χ1) is 19.2. The molecule has 0 aliphatic heterocycles. The molecule has 1 heterocycles. The number of nitrogens with two attached hydrogens (primary N) is 1. The van der Waals surface area contributed by atoms with Crippen molar-refractivity contribution in [1.82, 2.24) is 4.98 Å². The van der Waals surface area contributed by atoms with Gasteiger partial charge >= 0.3 is 0 Å². The number of benzene rings is 2. The smallest absolute Gasteiger partial charge is 0.204 e. The Morgan fingerprint density at radius 1 is 1.24 bits per heavy atom. The van der Waals surface area contributed by atoms with Crippen LogP contribution >= 0.6 is 11.8 Å². The summed E-state index contributed by atoms with van der Waals surface area (Å²) in [7, 11) is 0. The van der Waals surface area contributed by atoms with Crippen LogP contribution in [-0.2, 0) is 21.1 Å². The Labute approximate surface area is 260 Å². The summed E-state index contributed by atoms with van der Waals surface area (Å²) in [5.74, 6) is -3.11. The third kappa shape index (κ3) is 7.21. The molecule has 0 amide bonds. The van der Waals surface area contributed by atoms with Gasteiger partial charge in [0.2, 0.25) is 5.82 Å². The average molecular weight is 772 g/mol. The number of ether oxygens (including phenoxy) is 1. The second-order valence-electron chi connectivity index (χ2n) is 9.45. The summed E-state index contributed by atoms with van der Waals surface area (Å²) >= 11 is 1.20.